The first kappa shape index (κ1) is 20.8. The Labute approximate surface area is 182 Å². The number of carbonyl (C=O) groups excluding carboxylic acids is 1. The van der Waals surface area contributed by atoms with Crippen LogP contribution in [0.5, 0.6) is 0 Å². The predicted octanol–water partition coefficient (Wildman–Crippen LogP) is 3.88. The number of nitrogens with zero attached hydrogens (tertiary/aromatic N) is 3. The Hall–Kier alpha value is -3.41. The summed E-state index contributed by atoms with van der Waals surface area (Å²) in [5.41, 5.74) is 4.87. The Morgan fingerprint density at radius 1 is 1.10 bits per heavy atom. The van der Waals surface area contributed by atoms with Gasteiger partial charge < -0.3 is 10.2 Å². The van der Waals surface area contributed by atoms with E-state index in [-0.39, 0.29) is 18.0 Å². The van der Waals surface area contributed by atoms with Gasteiger partial charge in [0.1, 0.15) is 6.54 Å². The van der Waals surface area contributed by atoms with Gasteiger partial charge >= 0.3 is 0 Å². The zero-order valence-electron chi connectivity index (χ0n) is 18.3. The third-order valence-electron chi connectivity index (χ3n) is 5.67. The van der Waals surface area contributed by atoms with Crippen LogP contribution in [0.2, 0.25) is 0 Å². The number of benzene rings is 2. The Bertz CT molecular complexity index is 1170. The molecule has 1 aromatic heterocycles. The largest absolute Gasteiger partial charge is 0.337 e. The number of rotatable bonds is 5. The molecule has 1 aliphatic rings. The van der Waals surface area contributed by atoms with Crippen LogP contribution in [0.15, 0.2) is 59.4 Å². The highest BCUT2D eigenvalue weighted by Gasteiger charge is 2.22. The molecule has 0 saturated carbocycles. The fourth-order valence-electron chi connectivity index (χ4n) is 3.98. The molecule has 1 N–H and O–H groups in total. The van der Waals surface area contributed by atoms with Gasteiger partial charge in [0.25, 0.3) is 5.56 Å². The summed E-state index contributed by atoms with van der Waals surface area (Å²) in [5.74, 6) is 0.673. The van der Waals surface area contributed by atoms with Crippen LogP contribution >= 0.6 is 0 Å². The van der Waals surface area contributed by atoms with Crippen LogP contribution in [0.4, 0.5) is 11.6 Å². The molecule has 0 aliphatic carbocycles. The number of nitrogens with one attached hydrogen (secondary N) is 1. The summed E-state index contributed by atoms with van der Waals surface area (Å²) in [6, 6.07) is 17.6. The third-order valence-corrected chi connectivity index (χ3v) is 5.67. The van der Waals surface area contributed by atoms with Crippen LogP contribution in [0.25, 0.3) is 0 Å². The van der Waals surface area contributed by atoms with Crippen molar-refractivity contribution < 1.29 is 4.79 Å². The molecule has 31 heavy (non-hydrogen) atoms. The van der Waals surface area contributed by atoms with Crippen molar-refractivity contribution in [1.29, 1.82) is 0 Å². The summed E-state index contributed by atoms with van der Waals surface area (Å²) in [4.78, 5) is 32.3. The molecule has 0 bridgehead atoms. The molecule has 160 valence electrons. The van der Waals surface area contributed by atoms with Crippen molar-refractivity contribution in [2.24, 2.45) is 0 Å². The molecule has 0 unspecified atom stereocenters. The fourth-order valence-corrected chi connectivity index (χ4v) is 3.98. The monoisotopic (exact) mass is 416 g/mol. The van der Waals surface area contributed by atoms with E-state index < -0.39 is 0 Å². The first-order valence-electron chi connectivity index (χ1n) is 10.7. The summed E-state index contributed by atoms with van der Waals surface area (Å²) in [5, 5.41) is 2.93. The molecule has 6 nitrogen and oxygen atoms in total. The third kappa shape index (κ3) is 4.68. The summed E-state index contributed by atoms with van der Waals surface area (Å²) >= 11 is 0. The van der Waals surface area contributed by atoms with Crippen LogP contribution in [-0.2, 0) is 24.3 Å². The molecule has 3 aromatic rings. The van der Waals surface area contributed by atoms with Crippen molar-refractivity contribution in [3.05, 3.63) is 87.3 Å². The van der Waals surface area contributed by atoms with Crippen molar-refractivity contribution in [2.45, 2.75) is 46.2 Å². The Balaban J connectivity index is 1.58. The highest BCUT2D eigenvalue weighted by molar-refractivity contribution is 5.90. The van der Waals surface area contributed by atoms with Gasteiger partial charge in [-0.2, -0.15) is 0 Å². The molecule has 0 spiro atoms. The number of amides is 1. The van der Waals surface area contributed by atoms with E-state index in [0.717, 1.165) is 24.2 Å². The molecule has 0 fully saturated rings. The molecule has 1 aliphatic heterocycles. The number of hydrogen-bond donors (Lipinski definition) is 1. The van der Waals surface area contributed by atoms with Crippen molar-refractivity contribution >= 4 is 17.5 Å². The highest BCUT2D eigenvalue weighted by Crippen LogP contribution is 2.23. The minimum atomic E-state index is -0.243. The van der Waals surface area contributed by atoms with Crippen molar-refractivity contribution in [2.75, 3.05) is 16.8 Å². The molecular formula is C25H28N4O2. The second-order valence-electron chi connectivity index (χ2n) is 8.39. The average molecular weight is 417 g/mol. The highest BCUT2D eigenvalue weighted by atomic mass is 16.2. The van der Waals surface area contributed by atoms with Crippen LogP contribution in [0.3, 0.4) is 0 Å². The summed E-state index contributed by atoms with van der Waals surface area (Å²) in [7, 11) is 0. The van der Waals surface area contributed by atoms with E-state index in [9.17, 15) is 9.59 Å². The van der Waals surface area contributed by atoms with Gasteiger partial charge in [-0.3, -0.25) is 14.2 Å². The van der Waals surface area contributed by atoms with Crippen LogP contribution in [-0.4, -0.2) is 22.0 Å². The maximum absolute atomic E-state index is 12.8. The van der Waals surface area contributed by atoms with E-state index in [4.69, 9.17) is 0 Å². The van der Waals surface area contributed by atoms with Crippen LogP contribution in [0.1, 0.15) is 42.1 Å². The van der Waals surface area contributed by atoms with Gasteiger partial charge in [-0.1, -0.05) is 50.2 Å². The maximum atomic E-state index is 12.8. The first-order valence-corrected chi connectivity index (χ1v) is 10.7. The fraction of sp³-hybridized carbons (Fsp3) is 0.320. The minimum absolute atomic E-state index is 0.0779. The molecule has 2 aromatic carbocycles. The standard InChI is InChI=1S/C25H28N4O2/c1-17(2)20-9-6-10-22(14-20)27-23(30)16-29-24(31)13-18(3)26-25(29)28-12-11-19-7-4-5-8-21(19)15-28/h4-10,13-14,17H,11-12,15-16H2,1-3H3,(H,27,30). The Kier molecular flexibility index (Phi) is 5.89. The van der Waals surface area contributed by atoms with E-state index in [1.54, 1.807) is 0 Å². The second-order valence-corrected chi connectivity index (χ2v) is 8.39. The van der Waals surface area contributed by atoms with E-state index in [1.165, 1.54) is 21.8 Å². The van der Waals surface area contributed by atoms with E-state index in [0.29, 0.717) is 24.1 Å². The van der Waals surface area contributed by atoms with Gasteiger partial charge in [-0.15, -0.1) is 0 Å². The number of anilines is 2. The molecule has 4 rings (SSSR count). The lowest BCUT2D eigenvalue weighted by Gasteiger charge is -2.31. The van der Waals surface area contributed by atoms with Gasteiger partial charge in [0, 0.05) is 30.5 Å². The topological polar surface area (TPSA) is 67.2 Å². The van der Waals surface area contributed by atoms with Crippen LogP contribution < -0.4 is 15.8 Å². The number of fused-ring (bicyclic) bond motifs is 1. The van der Waals surface area contributed by atoms with Gasteiger partial charge in [0.15, 0.2) is 0 Å². The molecule has 0 saturated heterocycles. The lowest BCUT2D eigenvalue weighted by molar-refractivity contribution is -0.116. The van der Waals surface area contributed by atoms with E-state index in [2.05, 4.69) is 41.2 Å². The predicted molar refractivity (Wildman–Crippen MR) is 124 cm³/mol. The van der Waals surface area contributed by atoms with Gasteiger partial charge in [-0.25, -0.2) is 4.98 Å². The number of hydrogen-bond acceptors (Lipinski definition) is 4. The van der Waals surface area contributed by atoms with Crippen molar-refractivity contribution in [3.63, 3.8) is 0 Å². The Morgan fingerprint density at radius 3 is 2.65 bits per heavy atom. The summed E-state index contributed by atoms with van der Waals surface area (Å²) in [6.07, 6.45) is 0.883. The lowest BCUT2D eigenvalue weighted by atomic mass is 10.0. The zero-order chi connectivity index (χ0) is 22.0. The number of carbonyl (C=O) groups is 1. The van der Waals surface area contributed by atoms with E-state index >= 15 is 0 Å². The smallest absolute Gasteiger partial charge is 0.255 e. The quantitative estimate of drug-likeness (QED) is 0.686. The molecule has 2 heterocycles. The van der Waals surface area contributed by atoms with Crippen molar-refractivity contribution in [1.82, 2.24) is 9.55 Å². The molecule has 0 atom stereocenters. The number of aromatic nitrogens is 2. The normalized spacial score (nSPS) is 13.2. The second kappa shape index (κ2) is 8.76. The van der Waals surface area contributed by atoms with Crippen LogP contribution in [0, 0.1) is 6.92 Å². The van der Waals surface area contributed by atoms with E-state index in [1.807, 2.05) is 43.3 Å². The molecule has 1 amide bonds. The van der Waals surface area contributed by atoms with Gasteiger partial charge in [-0.05, 0) is 48.1 Å². The lowest BCUT2D eigenvalue weighted by Crippen LogP contribution is -2.38. The number of aryl methyl sites for hydroxylation is 1. The zero-order valence-corrected chi connectivity index (χ0v) is 18.3. The average Bonchev–Trinajstić information content (AvgIpc) is 2.75. The molecule has 6 heteroatoms. The summed E-state index contributed by atoms with van der Waals surface area (Å²) in [6.45, 7) is 7.38. The van der Waals surface area contributed by atoms with Gasteiger partial charge in [0.05, 0.1) is 0 Å². The summed E-state index contributed by atoms with van der Waals surface area (Å²) < 4.78 is 1.47. The molecular weight excluding hydrogens is 388 g/mol. The SMILES string of the molecule is Cc1cc(=O)n(CC(=O)Nc2cccc(C(C)C)c2)c(N2CCc3ccccc3C2)n1. The first-order chi connectivity index (χ1) is 14.9. The Morgan fingerprint density at radius 2 is 1.87 bits per heavy atom. The minimum Gasteiger partial charge on any atom is -0.337 e. The van der Waals surface area contributed by atoms with Gasteiger partial charge in [0.2, 0.25) is 11.9 Å². The maximum Gasteiger partial charge on any atom is 0.255 e. The van der Waals surface area contributed by atoms with Crippen molar-refractivity contribution in [3.8, 4) is 0 Å². The molecule has 0 radical (unpaired) electrons.